The van der Waals surface area contributed by atoms with Crippen molar-refractivity contribution < 1.29 is 43.1 Å². The Morgan fingerprint density at radius 1 is 0.818 bits per heavy atom. The Balaban J connectivity index is 1.29. The van der Waals surface area contributed by atoms with E-state index >= 15 is 4.79 Å². The third kappa shape index (κ3) is 10.9. The molecule has 3 N–H and O–H groups in total. The highest BCUT2D eigenvalue weighted by molar-refractivity contribution is 8.00. The van der Waals surface area contributed by atoms with E-state index in [1.165, 1.54) is 28.7 Å². The highest BCUT2D eigenvalue weighted by atomic mass is 32.2. The number of rotatable bonds is 9. The molecule has 6 aliphatic heterocycles. The smallest absolute Gasteiger partial charge is 0.333 e. The van der Waals surface area contributed by atoms with Gasteiger partial charge in [-0.15, -0.1) is 0 Å². The number of ether oxygens (including phenoxy) is 1. The molecule has 0 radical (unpaired) electrons. The number of fused-ring (bicyclic) bond motifs is 5. The van der Waals surface area contributed by atoms with Crippen LogP contribution in [-0.4, -0.2) is 154 Å². The summed E-state index contributed by atoms with van der Waals surface area (Å²) in [7, 11) is 1.54. The van der Waals surface area contributed by atoms with Gasteiger partial charge in [0.05, 0.1) is 0 Å². The molecule has 2 bridgehead atoms. The number of carbonyl (C=O) groups excluding carboxylic acids is 8. The summed E-state index contributed by atoms with van der Waals surface area (Å²) in [5.41, 5.74) is 2.10. The van der Waals surface area contributed by atoms with E-state index in [9.17, 15) is 33.6 Å². The summed E-state index contributed by atoms with van der Waals surface area (Å²) in [6.07, 6.45) is 1.64. The normalized spacial score (nSPS) is 31.5. The number of ketones is 1. The zero-order chi connectivity index (χ0) is 47.2. The van der Waals surface area contributed by atoms with Crippen molar-refractivity contribution in [2.45, 2.75) is 127 Å². The second-order valence-electron chi connectivity index (χ2n) is 18.6. The largest absolute Gasteiger partial charge is 0.458 e. The van der Waals surface area contributed by atoms with E-state index in [-0.39, 0.29) is 44.6 Å². The Morgan fingerprint density at radius 2 is 1.53 bits per heavy atom. The van der Waals surface area contributed by atoms with E-state index in [0.717, 1.165) is 43.6 Å². The molecule has 8 rings (SSSR count). The van der Waals surface area contributed by atoms with E-state index in [4.69, 9.17) is 4.74 Å². The van der Waals surface area contributed by atoms with E-state index in [0.29, 0.717) is 35.3 Å². The first-order valence-corrected chi connectivity index (χ1v) is 24.7. The van der Waals surface area contributed by atoms with Gasteiger partial charge < -0.3 is 40.3 Å². The summed E-state index contributed by atoms with van der Waals surface area (Å²) in [5, 5.41) is 8.54. The average molecular weight is 928 g/mol. The monoisotopic (exact) mass is 927 g/mol. The van der Waals surface area contributed by atoms with Gasteiger partial charge in [0, 0.05) is 62.9 Å². The standard InChI is InChI=1S/C49H65N7O9S/c1-6-35-46(61)55-21-11-14-36(55)47(62)53(5)38(24-31-17-15-29(3)16-18-31)48(63)56-26-34(28-66-40-27-54-22-19-32(40)20-23-54)39(57)25-37(56)44(59)52-43(33-12-9-8-10-13-33)49(64)65-30(4)42(45(60)50-35)51-41(58)7-2/h8-10,12-13,15-18,30,32,34-38,40,42-43H,6-7,11,14,19-28H2,1-5H3,(H,50,60)(H,51,58)(H,52,59)/t30-,34+,35-,36+,37+,38+,40?,42+,43+/m1/s1. The Bertz CT molecular complexity index is 2130. The van der Waals surface area contributed by atoms with Crippen molar-refractivity contribution in [3.05, 3.63) is 71.3 Å². The van der Waals surface area contributed by atoms with Crippen LogP contribution >= 0.6 is 11.8 Å². The summed E-state index contributed by atoms with van der Waals surface area (Å²) >= 11 is 1.75. The van der Waals surface area contributed by atoms with Gasteiger partial charge in [-0.3, -0.25) is 33.6 Å². The van der Waals surface area contributed by atoms with E-state index in [2.05, 4.69) is 20.9 Å². The molecule has 0 aliphatic carbocycles. The Morgan fingerprint density at radius 3 is 2.18 bits per heavy atom. The topological polar surface area (TPSA) is 195 Å². The molecule has 0 aromatic heterocycles. The number of Topliss-reactive ketones (excluding diaryl/α,β-unsaturated/α-hetero) is 1. The number of nitrogens with one attached hydrogen (secondary N) is 3. The number of nitrogens with zero attached hydrogens (tertiary/aromatic N) is 4. The predicted octanol–water partition coefficient (Wildman–Crippen LogP) is 2.56. The molecule has 0 spiro atoms. The zero-order valence-corrected chi connectivity index (χ0v) is 39.6. The first-order chi connectivity index (χ1) is 31.7. The molecule has 16 nitrogen and oxygen atoms in total. The second-order valence-corrected chi connectivity index (χ2v) is 19.9. The highest BCUT2D eigenvalue weighted by Crippen LogP contribution is 2.37. The molecule has 6 saturated heterocycles. The maximum atomic E-state index is 15.5. The summed E-state index contributed by atoms with van der Waals surface area (Å²) in [6, 6.07) is 8.46. The van der Waals surface area contributed by atoms with Crippen LogP contribution in [0.5, 0.6) is 0 Å². The third-order valence-electron chi connectivity index (χ3n) is 14.2. The summed E-state index contributed by atoms with van der Waals surface area (Å²) in [5.74, 6) is -4.29. The molecular weight excluding hydrogens is 863 g/mol. The fourth-order valence-electron chi connectivity index (χ4n) is 10.1. The SMILES string of the molecule is CCC(=O)N[C@@H]1C(=O)N[C@H](CC)C(=O)N2CCC[C@H]2C(=O)N(C)[C@@H](Cc2ccc(C)cc2)C(=O)N2C[C@@H](CSC3CN4CCC3CC4)C(=O)C[C@H]2C(=O)N[C@@H](c2ccccc2)C(=O)O[C@@H]1C. The van der Waals surface area contributed by atoms with Gasteiger partial charge in [-0.2, -0.15) is 11.8 Å². The minimum absolute atomic E-state index is 0.00779. The van der Waals surface area contributed by atoms with Crippen molar-refractivity contribution in [2.75, 3.05) is 45.5 Å². The van der Waals surface area contributed by atoms with Gasteiger partial charge in [0.25, 0.3) is 0 Å². The first kappa shape index (κ1) is 48.6. The van der Waals surface area contributed by atoms with Crippen LogP contribution in [0.15, 0.2) is 54.6 Å². The highest BCUT2D eigenvalue weighted by Gasteiger charge is 2.48. The molecule has 1 unspecified atom stereocenters. The average Bonchev–Trinajstić information content (AvgIpc) is 3.83. The molecule has 6 amide bonds. The Kier molecular flexibility index (Phi) is 15.9. The van der Waals surface area contributed by atoms with Gasteiger partial charge in [0.15, 0.2) is 6.04 Å². The van der Waals surface area contributed by atoms with Crippen LogP contribution in [0.1, 0.15) is 88.4 Å². The van der Waals surface area contributed by atoms with Crippen LogP contribution in [0.2, 0.25) is 0 Å². The van der Waals surface area contributed by atoms with Crippen LogP contribution in [0.25, 0.3) is 0 Å². The van der Waals surface area contributed by atoms with Gasteiger partial charge in [-0.1, -0.05) is 74.0 Å². The zero-order valence-electron chi connectivity index (χ0n) is 38.7. The first-order valence-electron chi connectivity index (χ1n) is 23.6. The molecule has 356 valence electrons. The van der Waals surface area contributed by atoms with Gasteiger partial charge in [-0.05, 0) is 76.1 Å². The van der Waals surface area contributed by atoms with Crippen molar-refractivity contribution in [1.29, 1.82) is 0 Å². The summed E-state index contributed by atoms with van der Waals surface area (Å²) in [4.78, 5) is 122. The lowest BCUT2D eigenvalue weighted by molar-refractivity contribution is -0.158. The number of benzene rings is 2. The molecule has 9 atom stereocenters. The number of carbonyl (C=O) groups is 8. The lowest BCUT2D eigenvalue weighted by atomic mass is 9.88. The van der Waals surface area contributed by atoms with Gasteiger partial charge in [-0.25, -0.2) is 4.79 Å². The third-order valence-corrected chi connectivity index (χ3v) is 15.7. The maximum absolute atomic E-state index is 15.5. The van der Waals surface area contributed by atoms with Crippen molar-refractivity contribution in [3.63, 3.8) is 0 Å². The maximum Gasteiger partial charge on any atom is 0.333 e. The van der Waals surface area contributed by atoms with Crippen molar-refractivity contribution in [3.8, 4) is 0 Å². The Labute approximate surface area is 391 Å². The fourth-order valence-corrected chi connectivity index (χ4v) is 11.7. The van der Waals surface area contributed by atoms with E-state index in [1.807, 2.05) is 31.2 Å². The number of cyclic esters (lactones) is 1. The molecule has 6 aliphatic rings. The molecule has 0 saturated carbocycles. The Hall–Kier alpha value is -5.29. The number of hydrogen-bond donors (Lipinski definition) is 3. The summed E-state index contributed by atoms with van der Waals surface area (Å²) in [6.45, 7) is 9.94. The molecule has 6 fully saturated rings. The number of amides is 6. The number of likely N-dealkylation sites (N-methyl/N-ethyl adjacent to an activating group) is 1. The fraction of sp³-hybridized carbons (Fsp3) is 0.592. The van der Waals surface area contributed by atoms with Crippen molar-refractivity contribution >= 4 is 59.0 Å². The van der Waals surface area contributed by atoms with Gasteiger partial charge >= 0.3 is 5.97 Å². The molecule has 2 aromatic rings. The number of aryl methyl sites for hydroxylation is 1. The lowest BCUT2D eigenvalue weighted by Gasteiger charge is -2.45. The number of esters is 1. The van der Waals surface area contributed by atoms with Crippen molar-refractivity contribution in [1.82, 2.24) is 35.6 Å². The van der Waals surface area contributed by atoms with Crippen molar-refractivity contribution in [2.24, 2.45) is 11.8 Å². The molecule has 2 aromatic carbocycles. The minimum atomic E-state index is -1.46. The number of hydrogen-bond acceptors (Lipinski definition) is 11. The molecule has 66 heavy (non-hydrogen) atoms. The second kappa shape index (κ2) is 21.6. The van der Waals surface area contributed by atoms with Crippen LogP contribution in [0.3, 0.4) is 0 Å². The number of thioether (sulfide) groups is 1. The molecule has 6 heterocycles. The molecular formula is C49H65N7O9S. The van der Waals surface area contributed by atoms with Crippen LogP contribution in [-0.2, 0) is 49.5 Å². The number of piperidine rings is 4. The van der Waals surface area contributed by atoms with Gasteiger partial charge in [0.2, 0.25) is 35.4 Å². The quantitative estimate of drug-likeness (QED) is 0.313. The predicted molar refractivity (Wildman–Crippen MR) is 248 cm³/mol. The van der Waals surface area contributed by atoms with Crippen LogP contribution in [0.4, 0.5) is 0 Å². The van der Waals surface area contributed by atoms with Crippen LogP contribution in [0, 0.1) is 18.8 Å². The minimum Gasteiger partial charge on any atom is -0.458 e. The molecule has 17 heteroatoms. The summed E-state index contributed by atoms with van der Waals surface area (Å²) < 4.78 is 5.92. The lowest BCUT2D eigenvalue weighted by Crippen LogP contribution is -2.63. The van der Waals surface area contributed by atoms with E-state index in [1.54, 1.807) is 55.9 Å². The van der Waals surface area contributed by atoms with Crippen LogP contribution < -0.4 is 16.0 Å². The van der Waals surface area contributed by atoms with Gasteiger partial charge in [0.1, 0.15) is 42.1 Å². The van der Waals surface area contributed by atoms with E-state index < -0.39 is 89.7 Å².